The van der Waals surface area contributed by atoms with Gasteiger partial charge in [-0.05, 0) is 36.2 Å². The molecular weight excluding hydrogens is 367 g/mol. The average Bonchev–Trinajstić information content (AvgIpc) is 2.61. The molecule has 0 fully saturated rings. The van der Waals surface area contributed by atoms with Crippen molar-refractivity contribution >= 4 is 34.5 Å². The predicted octanol–water partition coefficient (Wildman–Crippen LogP) is 5.09. The van der Waals surface area contributed by atoms with Gasteiger partial charge in [-0.25, -0.2) is 0 Å². The Balaban J connectivity index is 2.04. The first-order chi connectivity index (χ1) is 11.3. The zero-order valence-corrected chi connectivity index (χ0v) is 15.4. The van der Waals surface area contributed by atoms with Crippen LogP contribution in [-0.2, 0) is 6.16 Å². The molecule has 3 aromatic carbocycles. The van der Waals surface area contributed by atoms with Crippen molar-refractivity contribution in [2.45, 2.75) is 6.16 Å². The monoisotopic (exact) mass is 384 g/mol. The Bertz CT molecular complexity index is 773. The minimum atomic E-state index is -0.497. The molecular formula is C20H18BrOP. The largest absolute Gasteiger partial charge is 0.496 e. The molecule has 3 aromatic rings. The standard InChI is InChI=1S/C20H18BrOP/c1-22-19-13-7-5-9-16(19)15-23(17-10-3-2-4-11-17)20-14-8-6-12-18(20)21/h2-14H,15H2,1H3. The first-order valence-corrected chi connectivity index (χ1v) is 9.80. The van der Waals surface area contributed by atoms with E-state index in [1.54, 1.807) is 7.11 Å². The Morgan fingerprint density at radius 3 is 2.22 bits per heavy atom. The molecule has 3 rings (SSSR count). The number of hydrogen-bond acceptors (Lipinski definition) is 1. The third-order valence-corrected chi connectivity index (χ3v) is 7.28. The predicted molar refractivity (Wildman–Crippen MR) is 103 cm³/mol. The van der Waals surface area contributed by atoms with Crippen molar-refractivity contribution in [2.75, 3.05) is 7.11 Å². The number of para-hydroxylation sites is 1. The highest BCUT2D eigenvalue weighted by Gasteiger charge is 2.18. The third-order valence-electron chi connectivity index (χ3n) is 3.73. The molecule has 0 saturated carbocycles. The van der Waals surface area contributed by atoms with Gasteiger partial charge >= 0.3 is 0 Å². The molecule has 0 spiro atoms. The van der Waals surface area contributed by atoms with Crippen molar-refractivity contribution in [1.29, 1.82) is 0 Å². The minimum Gasteiger partial charge on any atom is -0.496 e. The first kappa shape index (κ1) is 16.2. The van der Waals surface area contributed by atoms with Crippen LogP contribution in [-0.4, -0.2) is 7.11 Å². The number of benzene rings is 3. The van der Waals surface area contributed by atoms with E-state index in [9.17, 15) is 0 Å². The maximum atomic E-state index is 5.55. The van der Waals surface area contributed by atoms with Crippen LogP contribution in [0, 0.1) is 0 Å². The molecule has 0 bridgehead atoms. The van der Waals surface area contributed by atoms with Gasteiger partial charge in [0.05, 0.1) is 7.11 Å². The highest BCUT2D eigenvalue weighted by atomic mass is 79.9. The van der Waals surface area contributed by atoms with Crippen molar-refractivity contribution in [2.24, 2.45) is 0 Å². The van der Waals surface area contributed by atoms with Crippen molar-refractivity contribution < 1.29 is 4.74 Å². The number of halogens is 1. The average molecular weight is 385 g/mol. The van der Waals surface area contributed by atoms with Gasteiger partial charge in [-0.2, -0.15) is 0 Å². The van der Waals surface area contributed by atoms with Gasteiger partial charge in [-0.15, -0.1) is 0 Å². The third kappa shape index (κ3) is 3.83. The van der Waals surface area contributed by atoms with Crippen LogP contribution in [0.4, 0.5) is 0 Å². The highest BCUT2D eigenvalue weighted by Crippen LogP contribution is 2.41. The van der Waals surface area contributed by atoms with Gasteiger partial charge in [0.2, 0.25) is 0 Å². The van der Waals surface area contributed by atoms with E-state index in [0.717, 1.165) is 11.9 Å². The van der Waals surface area contributed by atoms with Crippen LogP contribution >= 0.6 is 23.9 Å². The second-order valence-corrected chi connectivity index (χ2v) is 8.21. The summed E-state index contributed by atoms with van der Waals surface area (Å²) in [5, 5.41) is 2.74. The molecule has 0 aliphatic heterocycles. The maximum Gasteiger partial charge on any atom is 0.122 e. The molecule has 0 aromatic heterocycles. The van der Waals surface area contributed by atoms with Gasteiger partial charge < -0.3 is 4.74 Å². The highest BCUT2D eigenvalue weighted by molar-refractivity contribution is 9.10. The summed E-state index contributed by atoms with van der Waals surface area (Å²) in [6.07, 6.45) is 0.964. The molecule has 1 unspecified atom stereocenters. The summed E-state index contributed by atoms with van der Waals surface area (Å²) in [5.41, 5.74) is 1.25. The van der Waals surface area contributed by atoms with Gasteiger partial charge in [0, 0.05) is 10.6 Å². The van der Waals surface area contributed by atoms with Gasteiger partial charge in [0.1, 0.15) is 5.75 Å². The summed E-state index contributed by atoms with van der Waals surface area (Å²) >= 11 is 3.73. The van der Waals surface area contributed by atoms with E-state index >= 15 is 0 Å². The summed E-state index contributed by atoms with van der Waals surface area (Å²) in [6.45, 7) is 0. The fourth-order valence-electron chi connectivity index (χ4n) is 2.60. The second-order valence-electron chi connectivity index (χ2n) is 5.18. The number of rotatable bonds is 5. The lowest BCUT2D eigenvalue weighted by Crippen LogP contribution is -2.14. The van der Waals surface area contributed by atoms with Crippen molar-refractivity contribution in [3.8, 4) is 5.75 Å². The van der Waals surface area contributed by atoms with Crippen LogP contribution in [0.3, 0.4) is 0 Å². The zero-order chi connectivity index (χ0) is 16.1. The lowest BCUT2D eigenvalue weighted by atomic mass is 10.2. The Labute approximate surface area is 147 Å². The number of methoxy groups -OCH3 is 1. The van der Waals surface area contributed by atoms with Gasteiger partial charge in [-0.1, -0.05) is 82.7 Å². The van der Waals surface area contributed by atoms with E-state index in [1.807, 2.05) is 12.1 Å². The lowest BCUT2D eigenvalue weighted by molar-refractivity contribution is 0.411. The molecule has 0 heterocycles. The van der Waals surface area contributed by atoms with Crippen LogP contribution < -0.4 is 15.3 Å². The van der Waals surface area contributed by atoms with E-state index in [4.69, 9.17) is 4.74 Å². The fraction of sp³-hybridized carbons (Fsp3) is 0.100. The van der Waals surface area contributed by atoms with Gasteiger partial charge in [0.25, 0.3) is 0 Å². The molecule has 0 radical (unpaired) electrons. The normalized spacial score (nSPS) is 11.9. The lowest BCUT2D eigenvalue weighted by Gasteiger charge is -2.21. The molecule has 0 saturated heterocycles. The summed E-state index contributed by atoms with van der Waals surface area (Å²) in [5.74, 6) is 0.961. The zero-order valence-electron chi connectivity index (χ0n) is 12.9. The topological polar surface area (TPSA) is 9.23 Å². The molecule has 0 N–H and O–H groups in total. The summed E-state index contributed by atoms with van der Waals surface area (Å²) in [7, 11) is 1.24. The molecule has 0 amide bonds. The van der Waals surface area contributed by atoms with Gasteiger partial charge in [-0.3, -0.25) is 0 Å². The van der Waals surface area contributed by atoms with E-state index in [0.29, 0.717) is 0 Å². The summed E-state index contributed by atoms with van der Waals surface area (Å²) < 4.78 is 6.72. The fourth-order valence-corrected chi connectivity index (χ4v) is 5.89. The summed E-state index contributed by atoms with van der Waals surface area (Å²) in [6, 6.07) is 27.6. The molecule has 3 heteroatoms. The molecule has 1 atom stereocenters. The number of hydrogen-bond donors (Lipinski definition) is 0. The Hall–Kier alpha value is -1.63. The maximum absolute atomic E-state index is 5.55. The summed E-state index contributed by atoms with van der Waals surface area (Å²) in [4.78, 5) is 0. The second kappa shape index (κ2) is 7.77. The quantitative estimate of drug-likeness (QED) is 0.556. The Morgan fingerprint density at radius 2 is 1.48 bits per heavy atom. The van der Waals surface area contributed by atoms with Gasteiger partial charge in [0.15, 0.2) is 0 Å². The Kier molecular flexibility index (Phi) is 5.48. The van der Waals surface area contributed by atoms with E-state index in [-0.39, 0.29) is 0 Å². The van der Waals surface area contributed by atoms with E-state index in [1.165, 1.54) is 20.6 Å². The van der Waals surface area contributed by atoms with Crippen LogP contribution in [0.25, 0.3) is 0 Å². The Morgan fingerprint density at radius 1 is 0.826 bits per heavy atom. The SMILES string of the molecule is COc1ccccc1CP(c1ccccc1)c1ccccc1Br. The smallest absolute Gasteiger partial charge is 0.122 e. The van der Waals surface area contributed by atoms with Crippen LogP contribution in [0.1, 0.15) is 5.56 Å². The van der Waals surface area contributed by atoms with Crippen LogP contribution in [0.5, 0.6) is 5.75 Å². The molecule has 116 valence electrons. The van der Waals surface area contributed by atoms with Crippen LogP contribution in [0.15, 0.2) is 83.3 Å². The van der Waals surface area contributed by atoms with Crippen molar-refractivity contribution in [1.82, 2.24) is 0 Å². The van der Waals surface area contributed by atoms with Crippen molar-refractivity contribution in [3.63, 3.8) is 0 Å². The molecule has 0 aliphatic carbocycles. The van der Waals surface area contributed by atoms with E-state index in [2.05, 4.69) is 82.7 Å². The van der Waals surface area contributed by atoms with Crippen LogP contribution in [0.2, 0.25) is 0 Å². The first-order valence-electron chi connectivity index (χ1n) is 7.48. The van der Waals surface area contributed by atoms with E-state index < -0.39 is 7.92 Å². The number of ether oxygens (including phenoxy) is 1. The molecule has 1 nitrogen and oxygen atoms in total. The van der Waals surface area contributed by atoms with Crippen molar-refractivity contribution in [3.05, 3.63) is 88.9 Å². The minimum absolute atomic E-state index is 0.497. The molecule has 23 heavy (non-hydrogen) atoms. The molecule has 0 aliphatic rings.